The number of ether oxygens (including phenoxy) is 2. The third kappa shape index (κ3) is 3.68. The van der Waals surface area contributed by atoms with Gasteiger partial charge in [-0.15, -0.1) is 11.3 Å². The van der Waals surface area contributed by atoms with Gasteiger partial charge in [-0.05, 0) is 24.6 Å². The summed E-state index contributed by atoms with van der Waals surface area (Å²) in [7, 11) is 0. The van der Waals surface area contributed by atoms with E-state index in [2.05, 4.69) is 19.2 Å². The molecule has 3 heteroatoms. The fourth-order valence-corrected chi connectivity index (χ4v) is 2.00. The first-order chi connectivity index (χ1) is 6.74. The predicted molar refractivity (Wildman–Crippen MR) is 60.0 cm³/mol. The minimum Gasteiger partial charge on any atom is -0.466 e. The molecule has 0 saturated heterocycles. The quantitative estimate of drug-likeness (QED) is 0.534. The number of thiophene rings is 1. The Bertz CT molecular complexity index is 256. The largest absolute Gasteiger partial charge is 0.466 e. The second kappa shape index (κ2) is 6.04. The molecule has 0 aliphatic heterocycles. The molecule has 2 nitrogen and oxygen atoms in total. The molecule has 14 heavy (non-hydrogen) atoms. The summed E-state index contributed by atoms with van der Waals surface area (Å²) in [6.45, 7) is 7.45. The maximum Gasteiger partial charge on any atom is 0.189 e. The molecule has 0 aliphatic carbocycles. The second-order valence-corrected chi connectivity index (χ2v) is 4.36. The van der Waals surface area contributed by atoms with Crippen molar-refractivity contribution >= 4 is 11.3 Å². The van der Waals surface area contributed by atoms with E-state index in [1.54, 1.807) is 11.3 Å². The van der Waals surface area contributed by atoms with Gasteiger partial charge in [-0.1, -0.05) is 13.8 Å². The van der Waals surface area contributed by atoms with Gasteiger partial charge in [0.15, 0.2) is 6.79 Å². The molecule has 1 heterocycles. The van der Waals surface area contributed by atoms with E-state index in [1.165, 1.54) is 5.56 Å². The highest BCUT2D eigenvalue weighted by atomic mass is 32.1. The normalized spacial score (nSPS) is 10.9. The SMILES string of the molecule is CCOCOc1cscc1CC(C)C. The van der Waals surface area contributed by atoms with Crippen LogP contribution in [-0.2, 0) is 11.2 Å². The summed E-state index contributed by atoms with van der Waals surface area (Å²) < 4.78 is 10.7. The van der Waals surface area contributed by atoms with E-state index in [0.29, 0.717) is 19.3 Å². The molecule has 0 saturated carbocycles. The Balaban J connectivity index is 2.45. The van der Waals surface area contributed by atoms with Crippen molar-refractivity contribution in [1.82, 2.24) is 0 Å². The average Bonchev–Trinajstić information content (AvgIpc) is 2.52. The van der Waals surface area contributed by atoms with Gasteiger partial charge in [-0.2, -0.15) is 0 Å². The molecule has 0 N–H and O–H groups in total. The van der Waals surface area contributed by atoms with Crippen LogP contribution in [0.15, 0.2) is 10.8 Å². The minimum absolute atomic E-state index is 0.359. The number of rotatable bonds is 6. The van der Waals surface area contributed by atoms with Crippen LogP contribution in [0.25, 0.3) is 0 Å². The molecule has 0 bridgehead atoms. The molecule has 1 rings (SSSR count). The Labute approximate surface area is 89.9 Å². The van der Waals surface area contributed by atoms with Gasteiger partial charge in [0, 0.05) is 17.6 Å². The Morgan fingerprint density at radius 3 is 2.79 bits per heavy atom. The molecule has 0 atom stereocenters. The highest BCUT2D eigenvalue weighted by Crippen LogP contribution is 2.25. The molecule has 0 aliphatic rings. The first-order valence-electron chi connectivity index (χ1n) is 4.99. The maximum atomic E-state index is 5.51. The molecular weight excluding hydrogens is 196 g/mol. The molecule has 0 radical (unpaired) electrons. The van der Waals surface area contributed by atoms with Gasteiger partial charge >= 0.3 is 0 Å². The van der Waals surface area contributed by atoms with Crippen molar-refractivity contribution in [3.8, 4) is 5.75 Å². The van der Waals surface area contributed by atoms with Crippen molar-refractivity contribution in [1.29, 1.82) is 0 Å². The van der Waals surface area contributed by atoms with E-state index in [-0.39, 0.29) is 0 Å². The monoisotopic (exact) mass is 214 g/mol. The Morgan fingerprint density at radius 2 is 2.14 bits per heavy atom. The lowest BCUT2D eigenvalue weighted by atomic mass is 10.1. The van der Waals surface area contributed by atoms with Crippen molar-refractivity contribution in [2.45, 2.75) is 27.2 Å². The lowest BCUT2D eigenvalue weighted by Crippen LogP contribution is -2.03. The fraction of sp³-hybridized carbons (Fsp3) is 0.636. The molecule has 0 amide bonds. The van der Waals surface area contributed by atoms with Gasteiger partial charge in [-0.3, -0.25) is 0 Å². The highest BCUT2D eigenvalue weighted by Gasteiger charge is 2.06. The van der Waals surface area contributed by atoms with Crippen molar-refractivity contribution in [2.24, 2.45) is 5.92 Å². The van der Waals surface area contributed by atoms with Gasteiger partial charge < -0.3 is 9.47 Å². The maximum absolute atomic E-state index is 5.51. The van der Waals surface area contributed by atoms with Gasteiger partial charge in [0.05, 0.1) is 0 Å². The van der Waals surface area contributed by atoms with E-state index in [4.69, 9.17) is 9.47 Å². The van der Waals surface area contributed by atoms with Crippen LogP contribution in [0.2, 0.25) is 0 Å². The van der Waals surface area contributed by atoms with E-state index in [9.17, 15) is 0 Å². The first kappa shape index (κ1) is 11.5. The van der Waals surface area contributed by atoms with Crippen molar-refractivity contribution in [3.63, 3.8) is 0 Å². The molecule has 1 aromatic rings. The first-order valence-corrected chi connectivity index (χ1v) is 5.94. The van der Waals surface area contributed by atoms with Crippen molar-refractivity contribution < 1.29 is 9.47 Å². The minimum atomic E-state index is 0.359. The van der Waals surface area contributed by atoms with Crippen LogP contribution in [0.4, 0.5) is 0 Å². The van der Waals surface area contributed by atoms with Crippen LogP contribution in [0.5, 0.6) is 5.75 Å². The summed E-state index contributed by atoms with van der Waals surface area (Å²) in [6.07, 6.45) is 1.07. The second-order valence-electron chi connectivity index (χ2n) is 3.61. The Kier molecular flexibility index (Phi) is 4.98. The van der Waals surface area contributed by atoms with Gasteiger partial charge in [-0.25, -0.2) is 0 Å². The summed E-state index contributed by atoms with van der Waals surface area (Å²) in [5.74, 6) is 1.65. The average molecular weight is 214 g/mol. The summed E-state index contributed by atoms with van der Waals surface area (Å²) in [6, 6.07) is 0. The number of hydrogen-bond donors (Lipinski definition) is 0. The summed E-state index contributed by atoms with van der Waals surface area (Å²) in [5.41, 5.74) is 1.30. The van der Waals surface area contributed by atoms with Crippen LogP contribution in [-0.4, -0.2) is 13.4 Å². The zero-order chi connectivity index (χ0) is 10.4. The lowest BCUT2D eigenvalue weighted by Gasteiger charge is -2.08. The molecule has 0 spiro atoms. The Morgan fingerprint density at radius 1 is 1.36 bits per heavy atom. The van der Waals surface area contributed by atoms with E-state index in [1.807, 2.05) is 12.3 Å². The number of hydrogen-bond acceptors (Lipinski definition) is 3. The van der Waals surface area contributed by atoms with Crippen LogP contribution >= 0.6 is 11.3 Å². The molecule has 80 valence electrons. The third-order valence-corrected chi connectivity index (χ3v) is 2.60. The Hall–Kier alpha value is -0.540. The van der Waals surface area contributed by atoms with Gasteiger partial charge in [0.2, 0.25) is 0 Å². The highest BCUT2D eigenvalue weighted by molar-refractivity contribution is 7.08. The van der Waals surface area contributed by atoms with E-state index < -0.39 is 0 Å². The smallest absolute Gasteiger partial charge is 0.189 e. The molecule has 0 unspecified atom stereocenters. The van der Waals surface area contributed by atoms with Crippen LogP contribution in [0.1, 0.15) is 26.3 Å². The standard InChI is InChI=1S/C11H18O2S/c1-4-12-8-13-11-7-14-6-10(11)5-9(2)3/h6-7,9H,4-5,8H2,1-3H3. The summed E-state index contributed by atoms with van der Waals surface area (Å²) >= 11 is 1.69. The zero-order valence-corrected chi connectivity index (χ0v) is 9.89. The zero-order valence-electron chi connectivity index (χ0n) is 9.08. The molecule has 0 aromatic carbocycles. The van der Waals surface area contributed by atoms with Crippen LogP contribution in [0, 0.1) is 5.92 Å². The predicted octanol–water partition coefficient (Wildman–Crippen LogP) is 3.32. The van der Waals surface area contributed by atoms with E-state index in [0.717, 1.165) is 12.2 Å². The van der Waals surface area contributed by atoms with Crippen LogP contribution < -0.4 is 4.74 Å². The van der Waals surface area contributed by atoms with Gasteiger partial charge in [0.25, 0.3) is 0 Å². The fourth-order valence-electron chi connectivity index (χ4n) is 1.22. The molecule has 1 aromatic heterocycles. The summed E-state index contributed by atoms with van der Waals surface area (Å²) in [5, 5.41) is 4.19. The van der Waals surface area contributed by atoms with E-state index >= 15 is 0 Å². The van der Waals surface area contributed by atoms with Crippen molar-refractivity contribution in [3.05, 3.63) is 16.3 Å². The third-order valence-electron chi connectivity index (χ3n) is 1.83. The van der Waals surface area contributed by atoms with Crippen LogP contribution in [0.3, 0.4) is 0 Å². The van der Waals surface area contributed by atoms with Gasteiger partial charge in [0.1, 0.15) is 5.75 Å². The topological polar surface area (TPSA) is 18.5 Å². The van der Waals surface area contributed by atoms with Crippen molar-refractivity contribution in [2.75, 3.05) is 13.4 Å². The lowest BCUT2D eigenvalue weighted by molar-refractivity contribution is 0.0220. The molecular formula is C11H18O2S. The molecule has 0 fully saturated rings. The summed E-state index contributed by atoms with van der Waals surface area (Å²) in [4.78, 5) is 0.